The van der Waals surface area contributed by atoms with E-state index >= 15 is 4.39 Å². The van der Waals surface area contributed by atoms with Gasteiger partial charge in [-0.05, 0) is 167 Å². The summed E-state index contributed by atoms with van der Waals surface area (Å²) in [5, 5.41) is 0.268. The third-order valence-electron chi connectivity index (χ3n) is 16.5. The molecule has 0 radical (unpaired) electrons. The van der Waals surface area contributed by atoms with Crippen molar-refractivity contribution in [1.82, 2.24) is 68.6 Å². The van der Waals surface area contributed by atoms with Crippen LogP contribution in [0.5, 0.6) is 0 Å². The highest BCUT2D eigenvalue weighted by molar-refractivity contribution is 6.28. The number of fused-ring (bicyclic) bond motifs is 4. The summed E-state index contributed by atoms with van der Waals surface area (Å²) < 4.78 is 73.4. The first-order valence-electron chi connectivity index (χ1n) is 30.2. The molecule has 2 amide bonds. The fraction of sp³-hybridized carbons (Fsp3) is 0.477. The fourth-order valence-corrected chi connectivity index (χ4v) is 12.5. The highest BCUT2D eigenvalue weighted by Crippen LogP contribution is 2.37. The van der Waals surface area contributed by atoms with E-state index in [0.29, 0.717) is 82.9 Å². The van der Waals surface area contributed by atoms with Gasteiger partial charge >= 0.3 is 12.2 Å². The Bertz CT molecular complexity index is 3890. The number of rotatable bonds is 10. The van der Waals surface area contributed by atoms with Crippen LogP contribution in [0.4, 0.5) is 33.0 Å². The summed E-state index contributed by atoms with van der Waals surface area (Å²) in [5.74, 6) is 1.38. The molecule has 0 spiro atoms. The number of carbonyl (C=O) groups excluding carboxylic acids is 2. The zero-order valence-electron chi connectivity index (χ0n) is 52.5. The van der Waals surface area contributed by atoms with E-state index in [9.17, 15) is 22.8 Å². The van der Waals surface area contributed by atoms with Crippen molar-refractivity contribution in [2.45, 2.75) is 151 Å². The molecule has 19 nitrogen and oxygen atoms in total. The predicted molar refractivity (Wildman–Crippen MR) is 333 cm³/mol. The Balaban J connectivity index is 0.000000163. The number of aryl methyl sites for hydroxylation is 2. The number of nitrogens with two attached hydrogens (primary N) is 1. The molecule has 4 aliphatic heterocycles. The van der Waals surface area contributed by atoms with Crippen LogP contribution in [-0.2, 0) is 29.0 Å². The van der Waals surface area contributed by atoms with Gasteiger partial charge in [0, 0.05) is 129 Å². The number of amides is 2. The average molecular weight is 1240 g/mol. The van der Waals surface area contributed by atoms with Crippen LogP contribution in [0.25, 0.3) is 44.3 Å². The number of halogens is 5. The first-order valence-corrected chi connectivity index (χ1v) is 30.6. The molecular formula is C65H78ClF4N15O4. The van der Waals surface area contributed by atoms with E-state index in [1.807, 2.05) is 114 Å². The molecule has 4 saturated heterocycles. The van der Waals surface area contributed by atoms with E-state index in [2.05, 4.69) is 49.7 Å². The number of hydrogen-bond acceptors (Lipinski definition) is 15. The van der Waals surface area contributed by atoms with Crippen molar-refractivity contribution in [2.24, 2.45) is 11.8 Å². The second kappa shape index (κ2) is 25.9. The summed E-state index contributed by atoms with van der Waals surface area (Å²) in [5.41, 5.74) is 10.4. The molecule has 2 aromatic carbocycles. The van der Waals surface area contributed by atoms with Crippen LogP contribution >= 0.6 is 11.6 Å². The van der Waals surface area contributed by atoms with Gasteiger partial charge in [-0.25, -0.2) is 62.0 Å². The number of aromatic nitrogens is 10. The van der Waals surface area contributed by atoms with Crippen molar-refractivity contribution in [3.63, 3.8) is 0 Å². The number of likely N-dealkylation sites (tertiary alicyclic amines) is 4. The van der Waals surface area contributed by atoms with E-state index < -0.39 is 34.5 Å². The highest BCUT2D eigenvalue weighted by atomic mass is 35.5. The van der Waals surface area contributed by atoms with Crippen LogP contribution in [0.1, 0.15) is 128 Å². The number of imidazole rings is 2. The molecule has 12 rings (SSSR count). The Kier molecular flexibility index (Phi) is 18.7. The van der Waals surface area contributed by atoms with Gasteiger partial charge in [-0.1, -0.05) is 0 Å². The number of benzene rings is 2. The number of pyridine rings is 2. The third-order valence-corrected chi connectivity index (χ3v) is 16.7. The zero-order chi connectivity index (χ0) is 64.0. The molecule has 89 heavy (non-hydrogen) atoms. The minimum atomic E-state index is -0.541. The van der Waals surface area contributed by atoms with Gasteiger partial charge in [-0.3, -0.25) is 14.8 Å². The molecule has 8 aromatic rings. The second-order valence-corrected chi connectivity index (χ2v) is 26.5. The van der Waals surface area contributed by atoms with Crippen LogP contribution in [0.3, 0.4) is 0 Å². The molecule has 10 heterocycles. The minimum Gasteiger partial charge on any atom is -0.444 e. The monoisotopic (exact) mass is 1240 g/mol. The van der Waals surface area contributed by atoms with Gasteiger partial charge < -0.3 is 34.1 Å². The van der Waals surface area contributed by atoms with Crippen LogP contribution in [0, 0.1) is 49.0 Å². The molecule has 472 valence electrons. The van der Waals surface area contributed by atoms with Crippen LogP contribution in [0.15, 0.2) is 73.6 Å². The highest BCUT2D eigenvalue weighted by Gasteiger charge is 2.45. The Morgan fingerprint density at radius 1 is 0.584 bits per heavy atom. The standard InChI is InChI=1S/C33H39F2N7O2.C16H23ClN4O2.C16H16F2N4/c1-19(2)42-20(3)39-31-26(34)9-23(10-28(31)42)25-11-24(36-15-27(25)35)12-30-37-13-21(14-38-30)16-41-17-22-7-8-40(18-29(22)41)32(43)44-33(4,5)6;1-16(2,3)23-15(22)20-5-4-12-9-21(13(12)10-20)8-11-6-18-14(17)19-7-11;1-8(2)22-9(3)21-16-12(17)4-10(5-14(16)22)11-6-15(19)20-7-13(11)18/h9-11,13-15,19,22,29H,7-8,12,16-18H2,1-6H3;6-7,12-13H,4-5,8-10H2,1-3H3;4-8H,1-3H3,(H2,19,20)/t22-,29-;12-,13-;/m00./s1. The molecule has 0 aliphatic carbocycles. The van der Waals surface area contributed by atoms with Crippen molar-refractivity contribution in [1.29, 1.82) is 0 Å². The smallest absolute Gasteiger partial charge is 0.410 e. The Hall–Kier alpha value is -7.89. The van der Waals surface area contributed by atoms with Crippen molar-refractivity contribution in [2.75, 3.05) is 45.0 Å². The van der Waals surface area contributed by atoms with E-state index in [0.717, 1.165) is 81.5 Å². The first kappa shape index (κ1) is 64.1. The lowest BCUT2D eigenvalue weighted by Crippen LogP contribution is -2.64. The largest absolute Gasteiger partial charge is 0.444 e. The lowest BCUT2D eigenvalue weighted by atomic mass is 9.82. The topological polar surface area (TPSA) is 205 Å². The summed E-state index contributed by atoms with van der Waals surface area (Å²) in [7, 11) is 0. The minimum absolute atomic E-state index is 0.0738. The number of nitrogens with zero attached hydrogens (tertiary/aromatic N) is 14. The van der Waals surface area contributed by atoms with Gasteiger partial charge in [-0.15, -0.1) is 0 Å². The Morgan fingerprint density at radius 3 is 1.45 bits per heavy atom. The fourth-order valence-electron chi connectivity index (χ4n) is 12.4. The van der Waals surface area contributed by atoms with E-state index in [1.54, 1.807) is 30.6 Å². The van der Waals surface area contributed by atoms with Gasteiger partial charge in [0.25, 0.3) is 0 Å². The second-order valence-electron chi connectivity index (χ2n) is 26.1. The number of hydrogen-bond donors (Lipinski definition) is 1. The molecular weight excluding hydrogens is 1170 g/mol. The number of carbonyl (C=O) groups is 2. The van der Waals surface area contributed by atoms with Crippen LogP contribution in [0.2, 0.25) is 5.28 Å². The summed E-state index contributed by atoms with van der Waals surface area (Å²) >= 11 is 5.72. The molecule has 2 N–H and O–H groups in total. The predicted octanol–water partition coefficient (Wildman–Crippen LogP) is 12.5. The molecule has 0 bridgehead atoms. The maximum absolute atomic E-state index is 15.1. The molecule has 4 aliphatic rings. The van der Waals surface area contributed by atoms with Gasteiger partial charge in [0.1, 0.15) is 57.2 Å². The molecule has 6 aromatic heterocycles. The molecule has 4 atom stereocenters. The number of nitrogen functional groups attached to an aromatic ring is 1. The molecule has 4 fully saturated rings. The Labute approximate surface area is 521 Å². The molecule has 0 saturated carbocycles. The van der Waals surface area contributed by atoms with E-state index in [-0.39, 0.29) is 57.5 Å². The quantitative estimate of drug-likeness (QED) is 0.0999. The number of piperidine rings is 2. The van der Waals surface area contributed by atoms with Gasteiger partial charge in [0.05, 0.1) is 29.8 Å². The number of anilines is 1. The van der Waals surface area contributed by atoms with Crippen molar-refractivity contribution >= 4 is 51.7 Å². The first-order chi connectivity index (χ1) is 42.1. The zero-order valence-corrected chi connectivity index (χ0v) is 53.3. The lowest BCUT2D eigenvalue weighted by molar-refractivity contribution is -0.0560. The van der Waals surface area contributed by atoms with Crippen LogP contribution in [-0.4, -0.2) is 143 Å². The third kappa shape index (κ3) is 14.7. The van der Waals surface area contributed by atoms with Crippen molar-refractivity contribution < 1.29 is 36.6 Å². The average Bonchev–Trinajstić information content (AvgIpc) is 1.84. The van der Waals surface area contributed by atoms with E-state index in [1.165, 1.54) is 18.2 Å². The summed E-state index contributed by atoms with van der Waals surface area (Å²) in [6, 6.07) is 10.0. The maximum atomic E-state index is 15.1. The normalized spacial score (nSPS) is 18.6. The van der Waals surface area contributed by atoms with Crippen LogP contribution < -0.4 is 5.73 Å². The SMILES string of the molecule is CC(C)(C)OC(=O)N1CC[C@H]2CN(Cc3cnc(Cl)nc3)[C@H]2C1.Cc1nc2c(F)cc(-c3cc(Cc4ncc(CN5C[C@@H]6CCN(C(=O)OC(C)(C)C)C[C@@H]65)cn4)ncc3F)cc2n1C(C)C.Cc1nc2c(F)cc(-c3cc(N)ncc3F)cc2n1C(C)C. The molecule has 0 unspecified atom stereocenters. The summed E-state index contributed by atoms with van der Waals surface area (Å²) in [6.07, 6.45) is 11.2. The Morgan fingerprint density at radius 2 is 1.01 bits per heavy atom. The maximum Gasteiger partial charge on any atom is 0.410 e. The van der Waals surface area contributed by atoms with Gasteiger partial charge in [0.15, 0.2) is 11.6 Å². The van der Waals surface area contributed by atoms with Crippen molar-refractivity contribution in [3.05, 3.63) is 136 Å². The van der Waals surface area contributed by atoms with E-state index in [4.69, 9.17) is 26.8 Å². The molecule has 24 heteroatoms. The van der Waals surface area contributed by atoms with Crippen molar-refractivity contribution in [3.8, 4) is 22.3 Å². The van der Waals surface area contributed by atoms with Gasteiger partial charge in [0.2, 0.25) is 5.28 Å². The summed E-state index contributed by atoms with van der Waals surface area (Å²) in [4.78, 5) is 67.0. The van der Waals surface area contributed by atoms with Gasteiger partial charge in [-0.2, -0.15) is 0 Å². The number of ether oxygens (including phenoxy) is 2. The summed E-state index contributed by atoms with van der Waals surface area (Å²) in [6.45, 7) is 29.4. The lowest BCUT2D eigenvalue weighted by Gasteiger charge is -2.53.